The minimum Gasteiger partial charge on any atom is -0.354 e. The van der Waals surface area contributed by atoms with E-state index in [0.717, 1.165) is 13.1 Å². The molecule has 0 heterocycles. The molecule has 0 radical (unpaired) electrons. The Hall–Kier alpha value is -1.52. The maximum Gasteiger partial charge on any atom is 0.230 e. The number of rotatable bonds is 10. The smallest absolute Gasteiger partial charge is 0.230 e. The van der Waals surface area contributed by atoms with Gasteiger partial charge in [0.05, 0.1) is 5.75 Å². The van der Waals surface area contributed by atoms with Crippen LogP contribution in [0.2, 0.25) is 0 Å². The molecule has 2 aromatic carbocycles. The molecule has 0 spiro atoms. The highest BCUT2D eigenvalue weighted by molar-refractivity contribution is 8.00. The quantitative estimate of drug-likeness (QED) is 0.503. The molecule has 2 aromatic rings. The average Bonchev–Trinajstić information content (AvgIpc) is 2.60. The van der Waals surface area contributed by atoms with Crippen molar-refractivity contribution in [2.24, 2.45) is 0 Å². The number of unbranched alkanes of at least 4 members (excludes halogenated alkanes) is 2. The van der Waals surface area contributed by atoms with Crippen LogP contribution >= 0.6 is 11.8 Å². The molecule has 0 aliphatic heterocycles. The van der Waals surface area contributed by atoms with E-state index in [1.807, 2.05) is 0 Å². The van der Waals surface area contributed by atoms with Gasteiger partial charge >= 0.3 is 0 Å². The van der Waals surface area contributed by atoms with Crippen LogP contribution in [0.5, 0.6) is 0 Å². The fraction of sp³-hybridized carbons (Fsp3) is 0.450. The van der Waals surface area contributed by atoms with Crippen molar-refractivity contribution in [3.8, 4) is 0 Å². The van der Waals surface area contributed by atoms with Crippen LogP contribution in [0.15, 0.2) is 41.3 Å². The minimum atomic E-state index is 0.0972. The van der Waals surface area contributed by atoms with E-state index in [-0.39, 0.29) is 5.91 Å². The molecule has 0 atom stereocenters. The third-order valence-electron chi connectivity index (χ3n) is 4.04. The van der Waals surface area contributed by atoms with Crippen LogP contribution < -0.4 is 10.6 Å². The molecule has 2 N–H and O–H groups in total. The number of aryl methyl sites for hydroxylation is 1. The summed E-state index contributed by atoms with van der Waals surface area (Å²) in [5.74, 6) is 0.558. The summed E-state index contributed by atoms with van der Waals surface area (Å²) >= 11 is 1.61. The second kappa shape index (κ2) is 10.4. The summed E-state index contributed by atoms with van der Waals surface area (Å²) < 4.78 is 0. The van der Waals surface area contributed by atoms with Gasteiger partial charge in [-0.1, -0.05) is 50.1 Å². The molecule has 3 nitrogen and oxygen atoms in total. The molecule has 130 valence electrons. The molecule has 24 heavy (non-hydrogen) atoms. The Morgan fingerprint density at radius 2 is 1.79 bits per heavy atom. The number of nitrogens with one attached hydrogen (secondary N) is 2. The van der Waals surface area contributed by atoms with Crippen molar-refractivity contribution in [2.75, 3.05) is 25.4 Å². The molecule has 0 bridgehead atoms. The highest BCUT2D eigenvalue weighted by Crippen LogP contribution is 2.29. The summed E-state index contributed by atoms with van der Waals surface area (Å²) in [7, 11) is 0. The van der Waals surface area contributed by atoms with E-state index >= 15 is 0 Å². The van der Waals surface area contributed by atoms with Gasteiger partial charge in [-0.3, -0.25) is 4.79 Å². The lowest BCUT2D eigenvalue weighted by molar-refractivity contribution is -0.118. The number of hydrogen-bond acceptors (Lipinski definition) is 3. The monoisotopic (exact) mass is 344 g/mol. The van der Waals surface area contributed by atoms with Crippen molar-refractivity contribution >= 4 is 28.4 Å². The molecular formula is C20H28N2OS. The lowest BCUT2D eigenvalue weighted by Crippen LogP contribution is -2.33. The first-order valence-corrected chi connectivity index (χ1v) is 9.79. The summed E-state index contributed by atoms with van der Waals surface area (Å²) in [5, 5.41) is 8.83. The first kappa shape index (κ1) is 18.8. The van der Waals surface area contributed by atoms with Crippen molar-refractivity contribution in [1.29, 1.82) is 0 Å². The zero-order chi connectivity index (χ0) is 17.2. The molecule has 0 aromatic heterocycles. The number of benzene rings is 2. The van der Waals surface area contributed by atoms with E-state index in [0.29, 0.717) is 12.3 Å². The van der Waals surface area contributed by atoms with Crippen LogP contribution in [0.3, 0.4) is 0 Å². The minimum absolute atomic E-state index is 0.0972. The first-order valence-electron chi connectivity index (χ1n) is 8.81. The molecule has 0 saturated carbocycles. The second-order valence-corrected chi connectivity index (χ2v) is 7.04. The van der Waals surface area contributed by atoms with Crippen LogP contribution in [-0.4, -0.2) is 31.3 Å². The lowest BCUT2D eigenvalue weighted by atomic mass is 10.1. The maximum absolute atomic E-state index is 12.0. The number of carbonyl (C=O) groups is 1. The molecular weight excluding hydrogens is 316 g/mol. The predicted molar refractivity (Wildman–Crippen MR) is 105 cm³/mol. The van der Waals surface area contributed by atoms with Crippen molar-refractivity contribution in [2.45, 2.75) is 38.0 Å². The molecule has 1 amide bonds. The maximum atomic E-state index is 12.0. The molecule has 4 heteroatoms. The van der Waals surface area contributed by atoms with Crippen LogP contribution in [0.4, 0.5) is 0 Å². The normalized spacial score (nSPS) is 10.9. The number of amides is 1. The molecule has 0 aliphatic carbocycles. The van der Waals surface area contributed by atoms with E-state index in [1.54, 1.807) is 11.8 Å². The summed E-state index contributed by atoms with van der Waals surface area (Å²) in [4.78, 5) is 13.2. The molecule has 0 fully saturated rings. The number of hydrogen-bond donors (Lipinski definition) is 2. The number of carbonyl (C=O) groups excluding carboxylic acids is 1. The van der Waals surface area contributed by atoms with Crippen LogP contribution in [0, 0.1) is 6.92 Å². The topological polar surface area (TPSA) is 41.1 Å². The second-order valence-electron chi connectivity index (χ2n) is 6.02. The van der Waals surface area contributed by atoms with Gasteiger partial charge in [0, 0.05) is 18.0 Å². The molecule has 0 aliphatic rings. The third kappa shape index (κ3) is 5.84. The summed E-state index contributed by atoms with van der Waals surface area (Å²) in [5.41, 5.74) is 1.27. The van der Waals surface area contributed by atoms with Gasteiger partial charge in [-0.2, -0.15) is 0 Å². The Morgan fingerprint density at radius 1 is 1.00 bits per heavy atom. The number of fused-ring (bicyclic) bond motifs is 1. The molecule has 0 unspecified atom stereocenters. The van der Waals surface area contributed by atoms with E-state index in [9.17, 15) is 4.79 Å². The standard InChI is InChI=1S/C20H28N2OS/c1-3-4-7-12-21-13-14-22-20(23)15-24-19-11-10-16(2)17-8-5-6-9-18(17)19/h5-6,8-11,21H,3-4,7,12-15H2,1-2H3,(H,22,23). The number of thioether (sulfide) groups is 1. The van der Waals surface area contributed by atoms with E-state index in [4.69, 9.17) is 0 Å². The predicted octanol–water partition coefficient (Wildman–Crippen LogP) is 4.14. The molecule has 2 rings (SSSR count). The Kier molecular flexibility index (Phi) is 8.13. The van der Waals surface area contributed by atoms with Crippen molar-refractivity contribution in [3.05, 3.63) is 42.0 Å². The summed E-state index contributed by atoms with van der Waals surface area (Å²) in [6.45, 7) is 6.90. The highest BCUT2D eigenvalue weighted by Gasteiger charge is 2.06. The zero-order valence-electron chi connectivity index (χ0n) is 14.7. The van der Waals surface area contributed by atoms with Crippen LogP contribution in [0.1, 0.15) is 31.7 Å². The fourth-order valence-electron chi connectivity index (χ4n) is 2.66. The molecule has 0 saturated heterocycles. The SMILES string of the molecule is CCCCCNCCNC(=O)CSc1ccc(C)c2ccccc12. The van der Waals surface area contributed by atoms with Gasteiger partial charge in [-0.05, 0) is 42.3 Å². The van der Waals surface area contributed by atoms with E-state index in [2.05, 4.69) is 60.9 Å². The van der Waals surface area contributed by atoms with E-state index < -0.39 is 0 Å². The van der Waals surface area contributed by atoms with Crippen molar-refractivity contribution in [1.82, 2.24) is 10.6 Å². The third-order valence-corrected chi connectivity index (χ3v) is 5.12. The van der Waals surface area contributed by atoms with Crippen molar-refractivity contribution < 1.29 is 4.79 Å². The van der Waals surface area contributed by atoms with Gasteiger partial charge in [-0.15, -0.1) is 11.8 Å². The largest absolute Gasteiger partial charge is 0.354 e. The fourth-order valence-corrected chi connectivity index (χ4v) is 3.54. The van der Waals surface area contributed by atoms with Crippen LogP contribution in [0.25, 0.3) is 10.8 Å². The average molecular weight is 345 g/mol. The van der Waals surface area contributed by atoms with Gasteiger partial charge in [0.2, 0.25) is 5.91 Å². The van der Waals surface area contributed by atoms with Gasteiger partial charge < -0.3 is 10.6 Å². The Balaban J connectivity index is 1.74. The van der Waals surface area contributed by atoms with Gasteiger partial charge in [0.1, 0.15) is 0 Å². The zero-order valence-corrected chi connectivity index (χ0v) is 15.5. The van der Waals surface area contributed by atoms with Gasteiger partial charge in [-0.25, -0.2) is 0 Å². The summed E-state index contributed by atoms with van der Waals surface area (Å²) in [6, 6.07) is 12.6. The van der Waals surface area contributed by atoms with Crippen LogP contribution in [-0.2, 0) is 4.79 Å². The highest BCUT2D eigenvalue weighted by atomic mass is 32.2. The Bertz CT molecular complexity index is 657. The Morgan fingerprint density at radius 3 is 2.58 bits per heavy atom. The van der Waals surface area contributed by atoms with Crippen molar-refractivity contribution in [3.63, 3.8) is 0 Å². The summed E-state index contributed by atoms with van der Waals surface area (Å²) in [6.07, 6.45) is 3.71. The van der Waals surface area contributed by atoms with Gasteiger partial charge in [0.25, 0.3) is 0 Å². The van der Waals surface area contributed by atoms with E-state index in [1.165, 1.54) is 40.5 Å². The lowest BCUT2D eigenvalue weighted by Gasteiger charge is -2.09. The van der Waals surface area contributed by atoms with Gasteiger partial charge in [0.15, 0.2) is 0 Å². The Labute approximate surface area is 149 Å². The first-order chi connectivity index (χ1) is 11.7.